The predicted octanol–water partition coefficient (Wildman–Crippen LogP) is 2.50. The summed E-state index contributed by atoms with van der Waals surface area (Å²) in [6, 6.07) is 5.73. The number of imidazole rings is 1. The molecule has 1 aromatic carbocycles. The Bertz CT molecular complexity index is 784. The Morgan fingerprint density at radius 2 is 1.88 bits per heavy atom. The molecule has 1 amide bonds. The van der Waals surface area contributed by atoms with Gasteiger partial charge in [-0.3, -0.25) is 14.4 Å². The van der Waals surface area contributed by atoms with Crippen molar-refractivity contribution in [2.75, 3.05) is 5.32 Å². The Kier molecular flexibility index (Phi) is 6.27. The van der Waals surface area contributed by atoms with Crippen LogP contribution in [-0.4, -0.2) is 33.5 Å². The molecule has 0 saturated carbocycles. The summed E-state index contributed by atoms with van der Waals surface area (Å²) in [4.78, 5) is 43.0. The number of carbonyl (C=O) groups is 3. The van der Waals surface area contributed by atoms with Crippen LogP contribution in [0.1, 0.15) is 49.8 Å². The highest BCUT2D eigenvalue weighted by Gasteiger charge is 2.25. The van der Waals surface area contributed by atoms with Crippen molar-refractivity contribution in [1.82, 2.24) is 15.3 Å². The zero-order valence-corrected chi connectivity index (χ0v) is 15.4. The van der Waals surface area contributed by atoms with E-state index in [9.17, 15) is 14.4 Å². The van der Waals surface area contributed by atoms with E-state index < -0.39 is 6.04 Å². The van der Waals surface area contributed by atoms with Crippen molar-refractivity contribution in [2.45, 2.75) is 39.8 Å². The van der Waals surface area contributed by atoms with Crippen LogP contribution in [0.15, 0.2) is 36.8 Å². The van der Waals surface area contributed by atoms with Gasteiger partial charge in [0.25, 0.3) is 0 Å². The number of rotatable bonds is 8. The van der Waals surface area contributed by atoms with Gasteiger partial charge in [-0.25, -0.2) is 4.98 Å². The van der Waals surface area contributed by atoms with E-state index >= 15 is 0 Å². The molecule has 0 bridgehead atoms. The van der Waals surface area contributed by atoms with Crippen LogP contribution in [0.25, 0.3) is 0 Å². The molecule has 0 saturated heterocycles. The van der Waals surface area contributed by atoms with E-state index in [1.54, 1.807) is 24.3 Å². The Hall–Kier alpha value is -2.96. The van der Waals surface area contributed by atoms with Crippen molar-refractivity contribution in [3.8, 4) is 0 Å². The molecule has 1 aromatic heterocycles. The fourth-order valence-electron chi connectivity index (χ4n) is 2.76. The number of hydrogen-bond donors (Lipinski definition) is 3. The van der Waals surface area contributed by atoms with Crippen molar-refractivity contribution in [2.24, 2.45) is 5.92 Å². The number of carbonyl (C=O) groups excluding carboxylic acids is 3. The molecule has 0 unspecified atom stereocenters. The van der Waals surface area contributed by atoms with Gasteiger partial charge in [0.15, 0.2) is 11.6 Å². The van der Waals surface area contributed by atoms with Crippen molar-refractivity contribution < 1.29 is 14.4 Å². The van der Waals surface area contributed by atoms with Gasteiger partial charge in [-0.2, -0.15) is 0 Å². The SMILES string of the molecule is CC(=O)N[C@H](C(=O)c1cccc(N[C@H](C(C)=O)C(C)C)c1)c1cnc[nH]1. The largest absolute Gasteiger partial charge is 0.375 e. The fourth-order valence-corrected chi connectivity index (χ4v) is 2.76. The Morgan fingerprint density at radius 1 is 1.15 bits per heavy atom. The lowest BCUT2D eigenvalue weighted by Gasteiger charge is -2.21. The number of H-pyrrole nitrogens is 1. The highest BCUT2D eigenvalue weighted by atomic mass is 16.2. The molecule has 0 spiro atoms. The van der Waals surface area contributed by atoms with Crippen LogP contribution >= 0.6 is 0 Å². The molecule has 138 valence electrons. The number of amides is 1. The summed E-state index contributed by atoms with van der Waals surface area (Å²) in [5.41, 5.74) is 1.61. The summed E-state index contributed by atoms with van der Waals surface area (Å²) >= 11 is 0. The van der Waals surface area contributed by atoms with Gasteiger partial charge < -0.3 is 15.6 Å². The number of nitrogens with one attached hydrogen (secondary N) is 3. The Labute approximate surface area is 152 Å². The molecule has 2 atom stereocenters. The van der Waals surface area contributed by atoms with Crippen LogP contribution in [0.4, 0.5) is 5.69 Å². The maximum absolute atomic E-state index is 12.9. The van der Waals surface area contributed by atoms with Gasteiger partial charge in [-0.05, 0) is 25.0 Å². The van der Waals surface area contributed by atoms with Crippen LogP contribution in [0.5, 0.6) is 0 Å². The second-order valence-electron chi connectivity index (χ2n) is 6.56. The number of nitrogens with zero attached hydrogens (tertiary/aromatic N) is 1. The highest BCUT2D eigenvalue weighted by molar-refractivity contribution is 6.02. The third-order valence-corrected chi connectivity index (χ3v) is 4.01. The topological polar surface area (TPSA) is 104 Å². The van der Waals surface area contributed by atoms with E-state index in [0.29, 0.717) is 16.9 Å². The molecule has 0 aliphatic rings. The molecule has 1 heterocycles. The zero-order valence-electron chi connectivity index (χ0n) is 15.4. The number of anilines is 1. The molecule has 7 heteroatoms. The lowest BCUT2D eigenvalue weighted by Crippen LogP contribution is -2.33. The van der Waals surface area contributed by atoms with E-state index in [2.05, 4.69) is 20.6 Å². The van der Waals surface area contributed by atoms with E-state index in [-0.39, 0.29) is 29.4 Å². The highest BCUT2D eigenvalue weighted by Crippen LogP contribution is 2.21. The average Bonchev–Trinajstić information content (AvgIpc) is 3.10. The van der Waals surface area contributed by atoms with Gasteiger partial charge in [0.1, 0.15) is 6.04 Å². The second kappa shape index (κ2) is 8.42. The fraction of sp³-hybridized carbons (Fsp3) is 0.368. The summed E-state index contributed by atoms with van der Waals surface area (Å²) in [5, 5.41) is 5.82. The van der Waals surface area contributed by atoms with Crippen LogP contribution in [-0.2, 0) is 9.59 Å². The van der Waals surface area contributed by atoms with E-state index in [0.717, 1.165) is 0 Å². The van der Waals surface area contributed by atoms with Crippen molar-refractivity contribution >= 4 is 23.2 Å². The van der Waals surface area contributed by atoms with Crippen LogP contribution in [0.3, 0.4) is 0 Å². The summed E-state index contributed by atoms with van der Waals surface area (Å²) in [6.45, 7) is 6.81. The molecule has 2 rings (SSSR count). The first-order chi connectivity index (χ1) is 12.3. The number of ketones is 2. The predicted molar refractivity (Wildman–Crippen MR) is 98.8 cm³/mol. The maximum atomic E-state index is 12.9. The molecule has 7 nitrogen and oxygen atoms in total. The third-order valence-electron chi connectivity index (χ3n) is 4.01. The lowest BCUT2D eigenvalue weighted by atomic mass is 9.98. The van der Waals surface area contributed by atoms with E-state index in [1.807, 2.05) is 13.8 Å². The van der Waals surface area contributed by atoms with Gasteiger partial charge in [0.2, 0.25) is 5.91 Å². The summed E-state index contributed by atoms with van der Waals surface area (Å²) in [6.07, 6.45) is 2.96. The van der Waals surface area contributed by atoms with Gasteiger partial charge in [0.05, 0.1) is 24.3 Å². The molecular formula is C19H24N4O3. The Balaban J connectivity index is 2.28. The zero-order chi connectivity index (χ0) is 19.3. The van der Waals surface area contributed by atoms with Crippen molar-refractivity contribution in [1.29, 1.82) is 0 Å². The van der Waals surface area contributed by atoms with Gasteiger partial charge in [-0.1, -0.05) is 26.0 Å². The maximum Gasteiger partial charge on any atom is 0.217 e. The summed E-state index contributed by atoms with van der Waals surface area (Å²) in [7, 11) is 0. The Morgan fingerprint density at radius 3 is 2.42 bits per heavy atom. The molecule has 26 heavy (non-hydrogen) atoms. The molecule has 2 aromatic rings. The first kappa shape index (κ1) is 19.4. The quantitative estimate of drug-likeness (QED) is 0.631. The minimum Gasteiger partial charge on any atom is -0.375 e. The second-order valence-corrected chi connectivity index (χ2v) is 6.56. The molecule has 0 aliphatic heterocycles. The number of benzene rings is 1. The smallest absolute Gasteiger partial charge is 0.217 e. The number of aromatic nitrogens is 2. The standard InChI is InChI=1S/C19H24N4O3/c1-11(2)17(12(3)24)23-15-7-5-6-14(8-15)19(26)18(22-13(4)25)16-9-20-10-21-16/h5-11,17-18,23H,1-4H3,(H,20,21)(H,22,25)/t17-,18-/m0/s1. The van der Waals surface area contributed by atoms with Gasteiger partial charge >= 0.3 is 0 Å². The molecule has 3 N–H and O–H groups in total. The van der Waals surface area contributed by atoms with Crippen molar-refractivity contribution in [3.05, 3.63) is 48.0 Å². The first-order valence-corrected chi connectivity index (χ1v) is 8.46. The first-order valence-electron chi connectivity index (χ1n) is 8.46. The number of aromatic amines is 1. The monoisotopic (exact) mass is 356 g/mol. The normalized spacial score (nSPS) is 13.1. The molecular weight excluding hydrogens is 332 g/mol. The molecule has 0 aliphatic carbocycles. The van der Waals surface area contributed by atoms with Crippen LogP contribution in [0, 0.1) is 5.92 Å². The van der Waals surface area contributed by atoms with E-state index in [4.69, 9.17) is 0 Å². The number of Topliss-reactive ketones (excluding diaryl/α,β-unsaturated/α-hetero) is 2. The molecule has 0 fully saturated rings. The summed E-state index contributed by atoms with van der Waals surface area (Å²) < 4.78 is 0. The third kappa shape index (κ3) is 4.78. The van der Waals surface area contributed by atoms with Gasteiger partial charge in [0, 0.05) is 18.2 Å². The van der Waals surface area contributed by atoms with Crippen LogP contribution in [0.2, 0.25) is 0 Å². The van der Waals surface area contributed by atoms with Gasteiger partial charge in [-0.15, -0.1) is 0 Å². The van der Waals surface area contributed by atoms with Crippen LogP contribution < -0.4 is 10.6 Å². The average molecular weight is 356 g/mol. The van der Waals surface area contributed by atoms with E-state index in [1.165, 1.54) is 26.4 Å². The number of hydrogen-bond acceptors (Lipinski definition) is 5. The van der Waals surface area contributed by atoms with Crippen molar-refractivity contribution in [3.63, 3.8) is 0 Å². The molecule has 0 radical (unpaired) electrons. The summed E-state index contributed by atoms with van der Waals surface area (Å²) in [5.74, 6) is -0.435. The minimum absolute atomic E-state index is 0.0327. The minimum atomic E-state index is -0.848. The lowest BCUT2D eigenvalue weighted by molar-refractivity contribution is -0.120.